The number of amides is 1. The molecule has 0 fully saturated rings. The highest BCUT2D eigenvalue weighted by atomic mass is 16.5. The van der Waals surface area contributed by atoms with E-state index in [1.165, 1.54) is 0 Å². The molecule has 5 heteroatoms. The molecule has 1 atom stereocenters. The molecule has 0 aliphatic rings. The molecule has 0 radical (unpaired) electrons. The van der Waals surface area contributed by atoms with Crippen molar-refractivity contribution < 1.29 is 14.3 Å². The highest BCUT2D eigenvalue weighted by Crippen LogP contribution is 2.29. The lowest BCUT2D eigenvalue weighted by Crippen LogP contribution is -2.21. The van der Waals surface area contributed by atoms with Crippen molar-refractivity contribution in [3.05, 3.63) is 53.1 Å². The fourth-order valence-electron chi connectivity index (χ4n) is 2.64. The van der Waals surface area contributed by atoms with Crippen molar-refractivity contribution in [1.29, 1.82) is 0 Å². The van der Waals surface area contributed by atoms with Crippen LogP contribution in [0.2, 0.25) is 0 Å². The minimum atomic E-state index is -0.208. The summed E-state index contributed by atoms with van der Waals surface area (Å²) in [5.41, 5.74) is 9.84. The molecule has 1 amide bonds. The molecule has 0 aromatic heterocycles. The van der Waals surface area contributed by atoms with Gasteiger partial charge in [0.15, 0.2) is 18.1 Å². The summed E-state index contributed by atoms with van der Waals surface area (Å²) < 4.78 is 11.3. The molecule has 0 heterocycles. The summed E-state index contributed by atoms with van der Waals surface area (Å²) in [5, 5.41) is 2.89. The zero-order valence-corrected chi connectivity index (χ0v) is 16.0. The molecule has 2 aromatic carbocycles. The summed E-state index contributed by atoms with van der Waals surface area (Å²) in [5.74, 6) is 0.974. The topological polar surface area (TPSA) is 73.6 Å². The van der Waals surface area contributed by atoms with Gasteiger partial charge < -0.3 is 20.5 Å². The number of ether oxygens (including phenoxy) is 2. The Bertz CT molecular complexity index is 757. The lowest BCUT2D eigenvalue weighted by Gasteiger charge is -2.15. The van der Waals surface area contributed by atoms with Crippen molar-refractivity contribution in [2.45, 2.75) is 40.2 Å². The lowest BCUT2D eigenvalue weighted by molar-refractivity contribution is -0.118. The number of rotatable bonds is 8. The van der Waals surface area contributed by atoms with E-state index in [1.54, 1.807) is 0 Å². The van der Waals surface area contributed by atoms with Crippen molar-refractivity contribution in [3.8, 4) is 11.5 Å². The maximum atomic E-state index is 12.2. The second kappa shape index (κ2) is 9.25. The van der Waals surface area contributed by atoms with Crippen molar-refractivity contribution in [1.82, 2.24) is 0 Å². The number of carbonyl (C=O) groups excluding carboxylic acids is 1. The minimum Gasteiger partial charge on any atom is -0.490 e. The first kappa shape index (κ1) is 19.8. The second-order valence-electron chi connectivity index (χ2n) is 6.55. The monoisotopic (exact) mass is 356 g/mol. The Morgan fingerprint density at radius 2 is 1.88 bits per heavy atom. The summed E-state index contributed by atoms with van der Waals surface area (Å²) in [7, 11) is 0. The van der Waals surface area contributed by atoms with Crippen LogP contribution >= 0.6 is 0 Å². The minimum absolute atomic E-state index is 0.0691. The van der Waals surface area contributed by atoms with Crippen LogP contribution in [0.25, 0.3) is 0 Å². The zero-order valence-electron chi connectivity index (χ0n) is 16.0. The summed E-state index contributed by atoms with van der Waals surface area (Å²) in [4.78, 5) is 12.2. The van der Waals surface area contributed by atoms with Crippen molar-refractivity contribution in [2.75, 3.05) is 18.5 Å². The van der Waals surface area contributed by atoms with Gasteiger partial charge in [0.05, 0.1) is 6.61 Å². The Balaban J connectivity index is 2.03. The number of hydrogen-bond acceptors (Lipinski definition) is 4. The number of anilines is 1. The van der Waals surface area contributed by atoms with Crippen LogP contribution in [-0.2, 0) is 11.2 Å². The summed E-state index contributed by atoms with van der Waals surface area (Å²) in [6.07, 6.45) is 0.757. The van der Waals surface area contributed by atoms with E-state index < -0.39 is 0 Å². The standard InChI is InChI=1S/C21H28N2O3/c1-5-25-20-12-17(11-16(4)22)8-9-19(20)26-13-21(24)23-18-10-14(2)6-7-15(18)3/h6-10,12,16H,5,11,13,22H2,1-4H3,(H,23,24). The SMILES string of the molecule is CCOc1cc(CC(C)N)ccc1OCC(=O)Nc1cc(C)ccc1C. The van der Waals surface area contributed by atoms with Crippen LogP contribution in [0.4, 0.5) is 5.69 Å². The number of hydrogen-bond donors (Lipinski definition) is 2. The first-order valence-corrected chi connectivity index (χ1v) is 8.90. The number of nitrogens with one attached hydrogen (secondary N) is 1. The van der Waals surface area contributed by atoms with E-state index >= 15 is 0 Å². The van der Waals surface area contributed by atoms with Crippen LogP contribution in [0.1, 0.15) is 30.5 Å². The molecule has 0 aliphatic heterocycles. The highest BCUT2D eigenvalue weighted by molar-refractivity contribution is 5.92. The Hall–Kier alpha value is -2.53. The molecular formula is C21H28N2O3. The number of nitrogens with two attached hydrogens (primary N) is 1. The summed E-state index contributed by atoms with van der Waals surface area (Å²) in [6, 6.07) is 11.7. The van der Waals surface area contributed by atoms with Gasteiger partial charge in [-0.3, -0.25) is 4.79 Å². The van der Waals surface area contributed by atoms with E-state index in [-0.39, 0.29) is 18.6 Å². The van der Waals surface area contributed by atoms with Gasteiger partial charge in [0.1, 0.15) is 0 Å². The third-order valence-electron chi connectivity index (χ3n) is 3.89. The van der Waals surface area contributed by atoms with E-state index in [0.717, 1.165) is 28.8 Å². The van der Waals surface area contributed by atoms with Crippen molar-refractivity contribution in [2.24, 2.45) is 5.73 Å². The Kier molecular flexibility index (Phi) is 7.04. The fraction of sp³-hybridized carbons (Fsp3) is 0.381. The van der Waals surface area contributed by atoms with Gasteiger partial charge in [-0.25, -0.2) is 0 Å². The Labute approximate surface area is 155 Å². The maximum absolute atomic E-state index is 12.2. The first-order valence-electron chi connectivity index (χ1n) is 8.90. The smallest absolute Gasteiger partial charge is 0.262 e. The zero-order chi connectivity index (χ0) is 19.1. The number of carbonyl (C=O) groups is 1. The third kappa shape index (κ3) is 5.77. The maximum Gasteiger partial charge on any atom is 0.262 e. The van der Waals surface area contributed by atoms with Gasteiger partial charge in [0.25, 0.3) is 5.91 Å². The van der Waals surface area contributed by atoms with Gasteiger partial charge in [-0.15, -0.1) is 0 Å². The van der Waals surface area contributed by atoms with Crippen LogP contribution in [0.5, 0.6) is 11.5 Å². The predicted octanol–water partition coefficient (Wildman–Crippen LogP) is 3.61. The van der Waals surface area contributed by atoms with Crippen molar-refractivity contribution >= 4 is 11.6 Å². The molecule has 140 valence electrons. The Morgan fingerprint density at radius 3 is 2.58 bits per heavy atom. The van der Waals surface area contributed by atoms with Gasteiger partial charge in [0, 0.05) is 11.7 Å². The second-order valence-corrected chi connectivity index (χ2v) is 6.55. The molecule has 1 unspecified atom stereocenters. The molecule has 26 heavy (non-hydrogen) atoms. The van der Waals surface area contributed by atoms with Crippen molar-refractivity contribution in [3.63, 3.8) is 0 Å². The number of benzene rings is 2. The quantitative estimate of drug-likeness (QED) is 0.758. The molecule has 0 spiro atoms. The Morgan fingerprint density at radius 1 is 1.12 bits per heavy atom. The molecule has 5 nitrogen and oxygen atoms in total. The average Bonchev–Trinajstić information content (AvgIpc) is 2.57. The van der Waals surface area contributed by atoms with Crippen LogP contribution in [-0.4, -0.2) is 25.2 Å². The predicted molar refractivity (Wildman–Crippen MR) is 105 cm³/mol. The van der Waals surface area contributed by atoms with Crippen LogP contribution < -0.4 is 20.5 Å². The van der Waals surface area contributed by atoms with Gasteiger partial charge in [-0.1, -0.05) is 18.2 Å². The van der Waals surface area contributed by atoms with Crippen LogP contribution in [0, 0.1) is 13.8 Å². The van der Waals surface area contributed by atoms with Gasteiger partial charge in [0.2, 0.25) is 0 Å². The van der Waals surface area contributed by atoms with Crippen LogP contribution in [0.15, 0.2) is 36.4 Å². The molecule has 2 aromatic rings. The van der Waals surface area contributed by atoms with E-state index in [4.69, 9.17) is 15.2 Å². The van der Waals surface area contributed by atoms with E-state index in [0.29, 0.717) is 18.1 Å². The van der Waals surface area contributed by atoms with Gasteiger partial charge in [-0.2, -0.15) is 0 Å². The highest BCUT2D eigenvalue weighted by Gasteiger charge is 2.11. The van der Waals surface area contributed by atoms with Gasteiger partial charge in [-0.05, 0) is 69.0 Å². The van der Waals surface area contributed by atoms with E-state index in [2.05, 4.69) is 5.32 Å². The molecule has 3 N–H and O–H groups in total. The first-order chi connectivity index (χ1) is 12.4. The van der Waals surface area contributed by atoms with Gasteiger partial charge >= 0.3 is 0 Å². The average molecular weight is 356 g/mol. The van der Waals surface area contributed by atoms with Crippen LogP contribution in [0.3, 0.4) is 0 Å². The summed E-state index contributed by atoms with van der Waals surface area (Å²) >= 11 is 0. The normalized spacial score (nSPS) is 11.7. The number of aryl methyl sites for hydroxylation is 2. The molecular weight excluding hydrogens is 328 g/mol. The van der Waals surface area contributed by atoms with E-state index in [1.807, 2.05) is 64.1 Å². The third-order valence-corrected chi connectivity index (χ3v) is 3.89. The largest absolute Gasteiger partial charge is 0.490 e. The molecule has 0 aliphatic carbocycles. The molecule has 0 bridgehead atoms. The molecule has 2 rings (SSSR count). The summed E-state index contributed by atoms with van der Waals surface area (Å²) in [6.45, 7) is 8.26. The lowest BCUT2D eigenvalue weighted by atomic mass is 10.1. The van der Waals surface area contributed by atoms with E-state index in [9.17, 15) is 4.79 Å². The molecule has 0 saturated heterocycles. The molecule has 0 saturated carbocycles. The fourth-order valence-corrected chi connectivity index (χ4v) is 2.64.